The molecule has 1 saturated heterocycles. The van der Waals surface area contributed by atoms with Gasteiger partial charge in [-0.3, -0.25) is 4.79 Å². The van der Waals surface area contributed by atoms with Gasteiger partial charge in [-0.15, -0.1) is 0 Å². The largest absolute Gasteiger partial charge is 0.375 e. The van der Waals surface area contributed by atoms with E-state index in [1.54, 1.807) is 7.11 Å². The topological polar surface area (TPSA) is 79.4 Å². The van der Waals surface area contributed by atoms with E-state index < -0.39 is 0 Å². The van der Waals surface area contributed by atoms with Crippen molar-refractivity contribution in [2.75, 3.05) is 42.3 Å². The second-order valence-corrected chi connectivity index (χ2v) is 4.83. The zero-order chi connectivity index (χ0) is 12.8. The zero-order valence-corrected chi connectivity index (χ0v) is 10.4. The molecule has 1 aromatic heterocycles. The van der Waals surface area contributed by atoms with Crippen LogP contribution in [0.1, 0.15) is 6.92 Å². The Hall–Kier alpha value is -1.89. The molecule has 0 bridgehead atoms. The minimum absolute atomic E-state index is 0.0754. The van der Waals surface area contributed by atoms with Crippen LogP contribution in [0.15, 0.2) is 6.33 Å². The summed E-state index contributed by atoms with van der Waals surface area (Å²) >= 11 is 0. The summed E-state index contributed by atoms with van der Waals surface area (Å²) in [4.78, 5) is 21.9. The number of hydrogen-bond acceptors (Lipinski definition) is 6. The molecule has 0 atom stereocenters. The Morgan fingerprint density at radius 2 is 2.22 bits per heavy atom. The first-order valence-corrected chi connectivity index (χ1v) is 5.80. The number of nitrogens with one attached hydrogen (secondary N) is 2. The van der Waals surface area contributed by atoms with Gasteiger partial charge in [-0.1, -0.05) is 0 Å². The summed E-state index contributed by atoms with van der Waals surface area (Å²) in [5.74, 6) is 1.34. The van der Waals surface area contributed by atoms with E-state index in [0.717, 1.165) is 18.9 Å². The predicted molar refractivity (Wildman–Crippen MR) is 66.8 cm³/mol. The molecule has 2 N–H and O–H groups in total. The average molecular weight is 249 g/mol. The quantitative estimate of drug-likeness (QED) is 0.772. The fourth-order valence-electron chi connectivity index (χ4n) is 2.25. The van der Waals surface area contributed by atoms with Crippen molar-refractivity contribution in [3.8, 4) is 0 Å². The van der Waals surface area contributed by atoms with Crippen molar-refractivity contribution in [1.82, 2.24) is 9.97 Å². The molecule has 0 unspecified atom stereocenters. The summed E-state index contributed by atoms with van der Waals surface area (Å²) in [6, 6.07) is 0. The lowest BCUT2D eigenvalue weighted by Crippen LogP contribution is -2.61. The van der Waals surface area contributed by atoms with E-state index in [4.69, 9.17) is 4.74 Å². The van der Waals surface area contributed by atoms with Gasteiger partial charge in [0, 0.05) is 7.11 Å². The van der Waals surface area contributed by atoms with E-state index in [9.17, 15) is 4.79 Å². The molecule has 0 radical (unpaired) electrons. The van der Waals surface area contributed by atoms with E-state index in [-0.39, 0.29) is 18.1 Å². The van der Waals surface area contributed by atoms with Gasteiger partial charge in [-0.05, 0) is 6.92 Å². The molecule has 1 aromatic rings. The van der Waals surface area contributed by atoms with E-state index >= 15 is 0 Å². The van der Waals surface area contributed by atoms with Gasteiger partial charge < -0.3 is 20.3 Å². The van der Waals surface area contributed by atoms with Crippen LogP contribution in [0.2, 0.25) is 0 Å². The smallest absolute Gasteiger partial charge is 0.243 e. The van der Waals surface area contributed by atoms with Crippen molar-refractivity contribution in [1.29, 1.82) is 0 Å². The summed E-state index contributed by atoms with van der Waals surface area (Å²) < 4.78 is 5.40. The number of rotatable bonds is 2. The molecule has 0 aromatic carbocycles. The fourth-order valence-corrected chi connectivity index (χ4v) is 2.25. The lowest BCUT2D eigenvalue weighted by atomic mass is 9.96. The Labute approximate surface area is 105 Å². The number of methoxy groups -OCH3 is 1. The van der Waals surface area contributed by atoms with E-state index in [1.807, 2.05) is 6.92 Å². The van der Waals surface area contributed by atoms with Crippen molar-refractivity contribution in [2.24, 2.45) is 0 Å². The van der Waals surface area contributed by atoms with Gasteiger partial charge in [-0.2, -0.15) is 0 Å². The maximum atomic E-state index is 11.4. The summed E-state index contributed by atoms with van der Waals surface area (Å²) in [6.45, 7) is 3.80. The van der Waals surface area contributed by atoms with Crippen LogP contribution < -0.4 is 15.5 Å². The lowest BCUT2D eigenvalue weighted by Gasteiger charge is -2.48. The molecule has 0 aliphatic carbocycles. The van der Waals surface area contributed by atoms with Gasteiger partial charge in [0.2, 0.25) is 5.91 Å². The van der Waals surface area contributed by atoms with Crippen molar-refractivity contribution >= 4 is 23.2 Å². The normalized spacial score (nSPS) is 20.6. The van der Waals surface area contributed by atoms with Crippen LogP contribution in [0.25, 0.3) is 0 Å². The third-order valence-corrected chi connectivity index (χ3v) is 3.35. The molecule has 2 aliphatic rings. The Kier molecular flexibility index (Phi) is 2.37. The number of hydrogen-bond donors (Lipinski definition) is 2. The highest BCUT2D eigenvalue weighted by atomic mass is 16.5. The highest BCUT2D eigenvalue weighted by Gasteiger charge is 2.41. The van der Waals surface area contributed by atoms with Crippen LogP contribution in [0.3, 0.4) is 0 Å². The molecule has 18 heavy (non-hydrogen) atoms. The van der Waals surface area contributed by atoms with Crippen molar-refractivity contribution in [3.63, 3.8) is 0 Å². The number of carbonyl (C=O) groups excluding carboxylic acids is 1. The Morgan fingerprint density at radius 1 is 1.44 bits per heavy atom. The van der Waals surface area contributed by atoms with Gasteiger partial charge in [0.1, 0.15) is 12.0 Å². The van der Waals surface area contributed by atoms with Crippen LogP contribution in [-0.2, 0) is 9.53 Å². The molecule has 7 heteroatoms. The SMILES string of the molecule is COC1(C)CN(c2ncnc3c2NC(=O)CN3)C1. The van der Waals surface area contributed by atoms with Gasteiger partial charge >= 0.3 is 0 Å². The molecule has 96 valence electrons. The molecule has 3 heterocycles. The van der Waals surface area contributed by atoms with E-state index in [0.29, 0.717) is 11.5 Å². The lowest BCUT2D eigenvalue weighted by molar-refractivity contribution is -0.114. The molecule has 0 saturated carbocycles. The van der Waals surface area contributed by atoms with Crippen molar-refractivity contribution in [2.45, 2.75) is 12.5 Å². The highest BCUT2D eigenvalue weighted by Crippen LogP contribution is 2.36. The molecule has 1 fully saturated rings. The standard InChI is InChI=1S/C11H15N5O2/c1-11(18-2)4-16(5-11)10-8-9(13-6-14-10)12-3-7(17)15-8/h6H,3-5H2,1-2H3,(H,15,17)(H,12,13,14). The van der Waals surface area contributed by atoms with Crippen LogP contribution >= 0.6 is 0 Å². The van der Waals surface area contributed by atoms with Crippen LogP contribution in [-0.4, -0.2) is 48.2 Å². The van der Waals surface area contributed by atoms with Crippen LogP contribution in [0.4, 0.5) is 17.3 Å². The number of aromatic nitrogens is 2. The maximum Gasteiger partial charge on any atom is 0.243 e. The number of ether oxygens (including phenoxy) is 1. The first kappa shape index (κ1) is 11.2. The van der Waals surface area contributed by atoms with Gasteiger partial charge in [0.25, 0.3) is 0 Å². The minimum atomic E-state index is -0.135. The summed E-state index contributed by atoms with van der Waals surface area (Å²) in [5, 5.41) is 5.78. The Balaban J connectivity index is 1.88. The number of nitrogens with zero attached hydrogens (tertiary/aromatic N) is 3. The molecular formula is C11H15N5O2. The number of fused-ring (bicyclic) bond motifs is 1. The van der Waals surface area contributed by atoms with Crippen molar-refractivity contribution < 1.29 is 9.53 Å². The number of anilines is 3. The second kappa shape index (κ2) is 3.81. The average Bonchev–Trinajstić information content (AvgIpc) is 2.34. The van der Waals surface area contributed by atoms with Gasteiger partial charge in [-0.25, -0.2) is 9.97 Å². The van der Waals surface area contributed by atoms with Gasteiger partial charge in [0.15, 0.2) is 11.6 Å². The summed E-state index contributed by atoms with van der Waals surface area (Å²) in [7, 11) is 1.70. The fraction of sp³-hybridized carbons (Fsp3) is 0.545. The monoisotopic (exact) mass is 249 g/mol. The highest BCUT2D eigenvalue weighted by molar-refractivity contribution is 6.02. The molecule has 1 amide bonds. The summed E-state index contributed by atoms with van der Waals surface area (Å²) in [5.41, 5.74) is 0.524. The molecule has 2 aliphatic heterocycles. The van der Waals surface area contributed by atoms with Crippen LogP contribution in [0, 0.1) is 0 Å². The zero-order valence-electron chi connectivity index (χ0n) is 10.4. The summed E-state index contributed by atoms with van der Waals surface area (Å²) in [6.07, 6.45) is 1.50. The molecule has 3 rings (SSSR count). The number of carbonyl (C=O) groups is 1. The molecule has 7 nitrogen and oxygen atoms in total. The molecule has 0 spiro atoms. The minimum Gasteiger partial charge on any atom is -0.375 e. The third kappa shape index (κ3) is 1.67. The van der Waals surface area contributed by atoms with E-state index in [2.05, 4.69) is 25.5 Å². The second-order valence-electron chi connectivity index (χ2n) is 4.83. The first-order chi connectivity index (χ1) is 8.61. The number of amides is 1. The first-order valence-electron chi connectivity index (χ1n) is 5.80. The Bertz CT molecular complexity index is 498. The Morgan fingerprint density at radius 3 is 2.94 bits per heavy atom. The van der Waals surface area contributed by atoms with Crippen LogP contribution in [0.5, 0.6) is 0 Å². The molecular weight excluding hydrogens is 234 g/mol. The van der Waals surface area contributed by atoms with Gasteiger partial charge in [0.05, 0.1) is 25.2 Å². The predicted octanol–water partition coefficient (Wildman–Crippen LogP) is 0.0657. The van der Waals surface area contributed by atoms with E-state index in [1.165, 1.54) is 6.33 Å². The third-order valence-electron chi connectivity index (χ3n) is 3.35. The maximum absolute atomic E-state index is 11.4. The van der Waals surface area contributed by atoms with Crippen molar-refractivity contribution in [3.05, 3.63) is 6.33 Å².